The predicted octanol–water partition coefficient (Wildman–Crippen LogP) is 2.87. The molecule has 0 aromatic rings. The first-order chi connectivity index (χ1) is 3.81. The van der Waals surface area contributed by atoms with Crippen LogP contribution in [-0.2, 0) is 0 Å². The van der Waals surface area contributed by atoms with Gasteiger partial charge in [0.1, 0.15) is 0 Å². The largest absolute Gasteiger partial charge is 0.135 e. The van der Waals surface area contributed by atoms with E-state index in [1.165, 1.54) is 11.3 Å². The topological polar surface area (TPSA) is 0 Å². The first-order valence-electron chi connectivity index (χ1n) is 2.82. The van der Waals surface area contributed by atoms with Crippen molar-refractivity contribution in [2.24, 2.45) is 0 Å². The van der Waals surface area contributed by atoms with Gasteiger partial charge < -0.3 is 0 Å². The van der Waals surface area contributed by atoms with Crippen molar-refractivity contribution in [2.45, 2.75) is 19.3 Å². The molecule has 1 heteroatoms. The lowest BCUT2D eigenvalue weighted by molar-refractivity contribution is 0.860. The highest BCUT2D eigenvalue weighted by Gasteiger charge is 1.87. The number of hydrogen-bond acceptors (Lipinski definition) is 1. The highest BCUT2D eigenvalue weighted by atomic mass is 32.2. The first kappa shape index (κ1) is 8.09. The van der Waals surface area contributed by atoms with Crippen molar-refractivity contribution < 1.29 is 0 Å². The van der Waals surface area contributed by atoms with Gasteiger partial charge in [-0.05, 0) is 24.0 Å². The average Bonchev–Trinajstić information content (AvgIpc) is 1.83. The van der Waals surface area contributed by atoms with E-state index in [4.69, 9.17) is 0 Å². The number of thioether (sulfide) groups is 1. The zero-order valence-corrected chi connectivity index (χ0v) is 6.26. The molecule has 0 atom stereocenters. The van der Waals surface area contributed by atoms with Crippen molar-refractivity contribution in [1.29, 1.82) is 0 Å². The minimum atomic E-state index is 1.03. The molecule has 0 spiro atoms. The highest BCUT2D eigenvalue weighted by Crippen LogP contribution is 2.15. The van der Waals surface area contributed by atoms with Crippen LogP contribution >= 0.6 is 11.8 Å². The molecule has 0 fully saturated rings. The minimum absolute atomic E-state index is 1.03. The zero-order valence-electron chi connectivity index (χ0n) is 5.44. The van der Waals surface area contributed by atoms with Crippen molar-refractivity contribution in [3.8, 4) is 0 Å². The van der Waals surface area contributed by atoms with Crippen molar-refractivity contribution in [2.75, 3.05) is 6.26 Å². The summed E-state index contributed by atoms with van der Waals surface area (Å²) >= 11 is 1.74. The summed E-state index contributed by atoms with van der Waals surface area (Å²) in [6.45, 7) is 7.59. The third-order valence-corrected chi connectivity index (χ3v) is 1.78. The average molecular weight is 129 g/mol. The fourth-order valence-electron chi connectivity index (χ4n) is 0.424. The maximum Gasteiger partial charge on any atom is -0.0140 e. The summed E-state index contributed by atoms with van der Waals surface area (Å²) in [5, 5.41) is 0. The van der Waals surface area contributed by atoms with Crippen LogP contribution in [0.25, 0.3) is 0 Å². The van der Waals surface area contributed by atoms with Crippen LogP contribution in [0.4, 0.5) is 0 Å². The van der Waals surface area contributed by atoms with Gasteiger partial charge in [-0.1, -0.05) is 19.9 Å². The van der Waals surface area contributed by atoms with E-state index in [9.17, 15) is 0 Å². The van der Waals surface area contributed by atoms with Gasteiger partial charge in [0.25, 0.3) is 0 Å². The lowest BCUT2D eigenvalue weighted by atomic mass is 10.2. The van der Waals surface area contributed by atoms with Crippen molar-refractivity contribution in [3.63, 3.8) is 0 Å². The lowest BCUT2D eigenvalue weighted by Crippen LogP contribution is -1.72. The standard InChI is InChI=1S/C7H13S/c1-4-5-6-7(2)8-3/h1-2,4-6H2,3H3. The van der Waals surface area contributed by atoms with E-state index < -0.39 is 0 Å². The molecule has 0 heterocycles. The van der Waals surface area contributed by atoms with Gasteiger partial charge in [-0.2, -0.15) is 0 Å². The van der Waals surface area contributed by atoms with Gasteiger partial charge in [0.15, 0.2) is 0 Å². The third-order valence-electron chi connectivity index (χ3n) is 0.994. The summed E-state index contributed by atoms with van der Waals surface area (Å²) < 4.78 is 0. The van der Waals surface area contributed by atoms with E-state index in [-0.39, 0.29) is 0 Å². The Hall–Kier alpha value is 0.0900. The zero-order chi connectivity index (χ0) is 6.41. The molecule has 0 unspecified atom stereocenters. The molecule has 0 saturated heterocycles. The van der Waals surface area contributed by atoms with Gasteiger partial charge in [0, 0.05) is 0 Å². The molecule has 0 aromatic heterocycles. The van der Waals surface area contributed by atoms with Crippen molar-refractivity contribution in [1.82, 2.24) is 0 Å². The number of hydrogen-bond donors (Lipinski definition) is 0. The van der Waals surface area contributed by atoms with E-state index in [1.54, 1.807) is 11.8 Å². The molecular formula is C7H13S. The van der Waals surface area contributed by atoms with Gasteiger partial charge in [-0.3, -0.25) is 0 Å². The molecule has 0 saturated carbocycles. The normalized spacial score (nSPS) is 9.25. The quantitative estimate of drug-likeness (QED) is 0.562. The predicted molar refractivity (Wildman–Crippen MR) is 41.9 cm³/mol. The monoisotopic (exact) mass is 129 g/mol. The van der Waals surface area contributed by atoms with E-state index in [1.807, 2.05) is 0 Å². The van der Waals surface area contributed by atoms with Crippen LogP contribution in [-0.4, -0.2) is 6.26 Å². The fraction of sp³-hybridized carbons (Fsp3) is 0.571. The molecule has 8 heavy (non-hydrogen) atoms. The van der Waals surface area contributed by atoms with E-state index in [2.05, 4.69) is 19.8 Å². The van der Waals surface area contributed by atoms with Crippen LogP contribution in [0, 0.1) is 6.92 Å². The molecule has 0 aliphatic carbocycles. The fourth-order valence-corrected chi connectivity index (χ4v) is 0.773. The summed E-state index contributed by atoms with van der Waals surface area (Å²) in [6.07, 6.45) is 5.40. The minimum Gasteiger partial charge on any atom is -0.135 e. The Balaban J connectivity index is 2.99. The Bertz CT molecular complexity index is 66.8. The molecule has 0 aliphatic heterocycles. The SMILES string of the molecule is [CH2]CCCC(=C)SC. The van der Waals surface area contributed by atoms with Gasteiger partial charge in [-0.25, -0.2) is 0 Å². The van der Waals surface area contributed by atoms with Crippen LogP contribution in [0.5, 0.6) is 0 Å². The Kier molecular flexibility index (Phi) is 5.29. The molecule has 0 aliphatic rings. The van der Waals surface area contributed by atoms with Gasteiger partial charge in [-0.15, -0.1) is 11.8 Å². The summed E-state index contributed by atoms with van der Waals surface area (Å²) in [7, 11) is 0. The summed E-state index contributed by atoms with van der Waals surface area (Å²) in [4.78, 5) is 1.27. The number of rotatable bonds is 4. The maximum atomic E-state index is 3.85. The van der Waals surface area contributed by atoms with Crippen molar-refractivity contribution >= 4 is 11.8 Å². The van der Waals surface area contributed by atoms with Gasteiger partial charge in [0.2, 0.25) is 0 Å². The molecular weight excluding hydrogens is 116 g/mol. The van der Waals surface area contributed by atoms with Crippen LogP contribution in [0.1, 0.15) is 19.3 Å². The number of unbranched alkanes of at least 4 members (excludes halogenated alkanes) is 1. The summed E-state index contributed by atoms with van der Waals surface area (Å²) in [6, 6.07) is 0. The highest BCUT2D eigenvalue weighted by molar-refractivity contribution is 8.02. The second kappa shape index (κ2) is 5.23. The van der Waals surface area contributed by atoms with Crippen LogP contribution in [0.2, 0.25) is 0 Å². The van der Waals surface area contributed by atoms with E-state index >= 15 is 0 Å². The van der Waals surface area contributed by atoms with Crippen LogP contribution < -0.4 is 0 Å². The maximum absolute atomic E-state index is 3.85. The molecule has 0 bridgehead atoms. The van der Waals surface area contributed by atoms with Crippen LogP contribution in [0.3, 0.4) is 0 Å². The number of allylic oxidation sites excluding steroid dienone is 1. The molecule has 0 N–H and O–H groups in total. The third kappa shape index (κ3) is 4.25. The Labute approximate surface area is 56.4 Å². The second-order valence-corrected chi connectivity index (χ2v) is 2.69. The lowest BCUT2D eigenvalue weighted by Gasteiger charge is -1.96. The van der Waals surface area contributed by atoms with Gasteiger partial charge >= 0.3 is 0 Å². The Morgan fingerprint density at radius 2 is 2.25 bits per heavy atom. The smallest absolute Gasteiger partial charge is 0.0140 e. The molecule has 0 amide bonds. The summed E-state index contributed by atoms with van der Waals surface area (Å²) in [5.41, 5.74) is 0. The molecule has 0 nitrogen and oxygen atoms in total. The van der Waals surface area contributed by atoms with E-state index in [0.29, 0.717) is 0 Å². The van der Waals surface area contributed by atoms with Gasteiger partial charge in [0.05, 0.1) is 0 Å². The van der Waals surface area contributed by atoms with Crippen molar-refractivity contribution in [3.05, 3.63) is 18.4 Å². The molecule has 0 rings (SSSR count). The molecule has 1 radical (unpaired) electrons. The second-order valence-electron chi connectivity index (χ2n) is 1.70. The molecule has 47 valence electrons. The van der Waals surface area contributed by atoms with Crippen LogP contribution in [0.15, 0.2) is 11.5 Å². The Morgan fingerprint density at radius 3 is 2.62 bits per heavy atom. The molecule has 0 aromatic carbocycles. The summed E-state index contributed by atoms with van der Waals surface area (Å²) in [5.74, 6) is 0. The Morgan fingerprint density at radius 1 is 1.62 bits per heavy atom. The van der Waals surface area contributed by atoms with E-state index in [0.717, 1.165) is 12.8 Å². The first-order valence-corrected chi connectivity index (χ1v) is 4.04.